The zero-order valence-electron chi connectivity index (χ0n) is 11.8. The number of nitrogens with zero attached hydrogens (tertiary/aromatic N) is 2. The molecular weight excluding hydrogens is 266 g/mol. The number of halogens is 1. The summed E-state index contributed by atoms with van der Waals surface area (Å²) in [6.45, 7) is 3.29. The monoisotopic (exact) mass is 287 g/mol. The third kappa shape index (κ3) is 2.79. The van der Waals surface area contributed by atoms with Gasteiger partial charge in [-0.2, -0.15) is 5.10 Å². The third-order valence-corrected chi connectivity index (χ3v) is 4.59. The van der Waals surface area contributed by atoms with Crippen LogP contribution in [-0.2, 0) is 22.9 Å². The fourth-order valence-electron chi connectivity index (χ4n) is 2.74. The van der Waals surface area contributed by atoms with Crippen LogP contribution in [0.1, 0.15) is 24.2 Å². The zero-order chi connectivity index (χ0) is 14.0. The maximum Gasteiger partial charge on any atom is 0.0876 e. The molecular formula is C13H22ClN3O2. The van der Waals surface area contributed by atoms with Gasteiger partial charge in [0.15, 0.2) is 0 Å². The molecule has 0 saturated carbocycles. The summed E-state index contributed by atoms with van der Waals surface area (Å²) >= 11 is 6.28. The number of ether oxygens (including phenoxy) is 2. The van der Waals surface area contributed by atoms with Crippen LogP contribution in [0.25, 0.3) is 0 Å². The van der Waals surface area contributed by atoms with E-state index in [1.165, 1.54) is 0 Å². The maximum absolute atomic E-state index is 6.39. The summed E-state index contributed by atoms with van der Waals surface area (Å²) in [6, 6.07) is -0.117. The van der Waals surface area contributed by atoms with E-state index in [0.29, 0.717) is 24.7 Å². The molecule has 19 heavy (non-hydrogen) atoms. The van der Waals surface area contributed by atoms with Gasteiger partial charge in [-0.1, -0.05) is 11.6 Å². The molecule has 1 aromatic heterocycles. The number of hydrogen-bond acceptors (Lipinski definition) is 4. The van der Waals surface area contributed by atoms with Gasteiger partial charge in [-0.05, 0) is 6.92 Å². The minimum Gasteiger partial charge on any atom is -0.381 e. The molecule has 2 rings (SSSR count). The Labute approximate surface area is 119 Å². The van der Waals surface area contributed by atoms with Crippen molar-refractivity contribution in [2.75, 3.05) is 20.3 Å². The Hall–Kier alpha value is -0.620. The first-order valence-electron chi connectivity index (χ1n) is 6.56. The number of aromatic nitrogens is 2. The Morgan fingerprint density at radius 3 is 2.63 bits per heavy atom. The third-order valence-electron chi connectivity index (χ3n) is 4.10. The van der Waals surface area contributed by atoms with Gasteiger partial charge in [0.25, 0.3) is 0 Å². The molecule has 0 aromatic carbocycles. The Morgan fingerprint density at radius 2 is 2.16 bits per heavy atom. The summed E-state index contributed by atoms with van der Waals surface area (Å²) in [5, 5.41) is 5.03. The predicted octanol–water partition coefficient (Wildman–Crippen LogP) is 1.45. The van der Waals surface area contributed by atoms with E-state index in [0.717, 1.165) is 24.2 Å². The van der Waals surface area contributed by atoms with Crippen LogP contribution in [0.5, 0.6) is 0 Å². The molecule has 6 heteroatoms. The Balaban J connectivity index is 2.17. The van der Waals surface area contributed by atoms with Crippen molar-refractivity contribution in [2.45, 2.75) is 37.8 Å². The minimum absolute atomic E-state index is 0.117. The Morgan fingerprint density at radius 1 is 1.53 bits per heavy atom. The van der Waals surface area contributed by atoms with E-state index < -0.39 is 0 Å². The van der Waals surface area contributed by atoms with Gasteiger partial charge in [0.1, 0.15) is 0 Å². The lowest BCUT2D eigenvalue weighted by Crippen LogP contribution is -2.54. The van der Waals surface area contributed by atoms with Crippen LogP contribution in [0.4, 0.5) is 0 Å². The smallest absolute Gasteiger partial charge is 0.0876 e. The van der Waals surface area contributed by atoms with E-state index in [9.17, 15) is 0 Å². The first-order chi connectivity index (χ1) is 9.00. The standard InChI is InChI=1S/C13H22ClN3O2/c1-9-12(14)10(17(2)16-9)8-11(15)13(18-3)4-6-19-7-5-13/h11H,4-8,15H2,1-3H3. The van der Waals surface area contributed by atoms with Gasteiger partial charge in [-0.15, -0.1) is 0 Å². The largest absolute Gasteiger partial charge is 0.381 e. The molecule has 1 aromatic rings. The molecule has 0 radical (unpaired) electrons. The highest BCUT2D eigenvalue weighted by atomic mass is 35.5. The zero-order valence-corrected chi connectivity index (χ0v) is 12.5. The number of rotatable bonds is 4. The van der Waals surface area contributed by atoms with E-state index >= 15 is 0 Å². The lowest BCUT2D eigenvalue weighted by Gasteiger charge is -2.40. The van der Waals surface area contributed by atoms with Gasteiger partial charge >= 0.3 is 0 Å². The molecule has 0 amide bonds. The molecule has 0 bridgehead atoms. The van der Waals surface area contributed by atoms with Crippen LogP contribution in [-0.4, -0.2) is 41.7 Å². The van der Waals surface area contributed by atoms with E-state index in [4.69, 9.17) is 26.8 Å². The second-order valence-corrected chi connectivity index (χ2v) is 5.54. The van der Waals surface area contributed by atoms with Gasteiger partial charge in [-0.25, -0.2) is 0 Å². The molecule has 2 N–H and O–H groups in total. The number of aryl methyl sites for hydroxylation is 2. The van der Waals surface area contributed by atoms with Crippen LogP contribution in [0.2, 0.25) is 5.02 Å². The number of methoxy groups -OCH3 is 1. The quantitative estimate of drug-likeness (QED) is 0.910. The van der Waals surface area contributed by atoms with Crippen molar-refractivity contribution >= 4 is 11.6 Å². The highest BCUT2D eigenvalue weighted by Gasteiger charge is 2.39. The van der Waals surface area contributed by atoms with E-state index in [1.54, 1.807) is 11.8 Å². The van der Waals surface area contributed by atoms with Crippen molar-refractivity contribution in [2.24, 2.45) is 12.8 Å². The maximum atomic E-state index is 6.39. The first kappa shape index (κ1) is 14.8. The first-order valence-corrected chi connectivity index (χ1v) is 6.94. The van der Waals surface area contributed by atoms with Crippen LogP contribution >= 0.6 is 11.6 Å². The highest BCUT2D eigenvalue weighted by Crippen LogP contribution is 2.30. The van der Waals surface area contributed by atoms with Crippen molar-refractivity contribution in [1.82, 2.24) is 9.78 Å². The van der Waals surface area contributed by atoms with Gasteiger partial charge in [-0.3, -0.25) is 4.68 Å². The Bertz CT molecular complexity index is 441. The summed E-state index contributed by atoms with van der Waals surface area (Å²) in [4.78, 5) is 0. The number of nitrogens with two attached hydrogens (primary N) is 1. The molecule has 0 spiro atoms. The molecule has 2 heterocycles. The van der Waals surface area contributed by atoms with Gasteiger partial charge in [0.05, 0.1) is 22.0 Å². The minimum atomic E-state index is -0.320. The average Bonchev–Trinajstić information content (AvgIpc) is 2.66. The fraction of sp³-hybridized carbons (Fsp3) is 0.769. The highest BCUT2D eigenvalue weighted by molar-refractivity contribution is 6.31. The van der Waals surface area contributed by atoms with Crippen LogP contribution < -0.4 is 5.73 Å². The van der Waals surface area contributed by atoms with Crippen molar-refractivity contribution < 1.29 is 9.47 Å². The number of hydrogen-bond donors (Lipinski definition) is 1. The van der Waals surface area contributed by atoms with Crippen LogP contribution in [0.15, 0.2) is 0 Å². The molecule has 108 valence electrons. The second-order valence-electron chi connectivity index (χ2n) is 5.16. The summed E-state index contributed by atoms with van der Waals surface area (Å²) < 4.78 is 12.9. The van der Waals surface area contributed by atoms with Gasteiger partial charge in [0, 0.05) is 52.7 Å². The average molecular weight is 288 g/mol. The predicted molar refractivity (Wildman–Crippen MR) is 74.4 cm³/mol. The molecule has 1 aliphatic heterocycles. The van der Waals surface area contributed by atoms with Crippen molar-refractivity contribution in [3.63, 3.8) is 0 Å². The van der Waals surface area contributed by atoms with E-state index in [2.05, 4.69) is 5.10 Å². The Kier molecular flexibility index (Phi) is 4.50. The molecule has 5 nitrogen and oxygen atoms in total. The van der Waals surface area contributed by atoms with E-state index in [-0.39, 0.29) is 11.6 Å². The molecule has 0 aliphatic carbocycles. The van der Waals surface area contributed by atoms with E-state index in [1.807, 2.05) is 14.0 Å². The van der Waals surface area contributed by atoms with Crippen molar-refractivity contribution in [3.05, 3.63) is 16.4 Å². The topological polar surface area (TPSA) is 62.3 Å². The molecule has 1 atom stereocenters. The van der Waals surface area contributed by atoms with Gasteiger partial charge in [0.2, 0.25) is 0 Å². The van der Waals surface area contributed by atoms with Crippen molar-refractivity contribution in [3.8, 4) is 0 Å². The molecule has 1 unspecified atom stereocenters. The summed E-state index contributed by atoms with van der Waals surface area (Å²) in [5.74, 6) is 0. The molecule has 1 aliphatic rings. The lowest BCUT2D eigenvalue weighted by molar-refractivity contribution is -0.104. The molecule has 1 fully saturated rings. The summed E-state index contributed by atoms with van der Waals surface area (Å²) in [5.41, 5.74) is 7.88. The SMILES string of the molecule is COC1(C(N)Cc2c(Cl)c(C)nn2C)CCOCC1. The fourth-order valence-corrected chi connectivity index (χ4v) is 2.98. The summed E-state index contributed by atoms with van der Waals surface area (Å²) in [6.07, 6.45) is 2.29. The van der Waals surface area contributed by atoms with Crippen molar-refractivity contribution in [1.29, 1.82) is 0 Å². The summed E-state index contributed by atoms with van der Waals surface area (Å²) in [7, 11) is 3.62. The van der Waals surface area contributed by atoms with Gasteiger partial charge < -0.3 is 15.2 Å². The normalized spacial score (nSPS) is 20.5. The van der Waals surface area contributed by atoms with Crippen LogP contribution in [0.3, 0.4) is 0 Å². The van der Waals surface area contributed by atoms with Crippen LogP contribution in [0, 0.1) is 6.92 Å². The molecule has 1 saturated heterocycles. The lowest BCUT2D eigenvalue weighted by atomic mass is 9.84. The second kappa shape index (κ2) is 5.79.